The normalized spacial score (nSPS) is 15.0. The first-order valence-electron chi connectivity index (χ1n) is 10.5. The molecule has 30 heavy (non-hydrogen) atoms. The molecule has 4 heterocycles. The number of ether oxygens (including phenoxy) is 1. The van der Waals surface area contributed by atoms with Crippen molar-refractivity contribution in [3.05, 3.63) is 40.9 Å². The van der Waals surface area contributed by atoms with Crippen LogP contribution in [0.2, 0.25) is 0 Å². The Kier molecular flexibility index (Phi) is 6.22. The standard InChI is InChI=1S/C22H28N6OS/c1-14(2)22-23-10-7-19(25-22)28-11-8-17(9-12-28)13-29-20-6-5-18(26-27-20)21-15(3)24-16(4)30-21/h5-7,10,14,17H,8-9,11-13H2,1-4H3. The second kappa shape index (κ2) is 9.04. The van der Waals surface area contributed by atoms with E-state index in [-0.39, 0.29) is 0 Å². The van der Waals surface area contributed by atoms with Crippen molar-refractivity contribution in [2.45, 2.75) is 46.5 Å². The van der Waals surface area contributed by atoms with Crippen LogP contribution in [0.1, 0.15) is 49.1 Å². The molecule has 0 amide bonds. The fourth-order valence-corrected chi connectivity index (χ4v) is 4.52. The first-order chi connectivity index (χ1) is 14.5. The summed E-state index contributed by atoms with van der Waals surface area (Å²) in [6.07, 6.45) is 4.02. The van der Waals surface area contributed by atoms with Crippen molar-refractivity contribution in [3.63, 3.8) is 0 Å². The topological polar surface area (TPSA) is 76.9 Å². The summed E-state index contributed by atoms with van der Waals surface area (Å²) in [6, 6.07) is 5.87. The molecule has 0 spiro atoms. The van der Waals surface area contributed by atoms with E-state index < -0.39 is 0 Å². The molecule has 3 aromatic rings. The van der Waals surface area contributed by atoms with Crippen molar-refractivity contribution in [2.24, 2.45) is 5.92 Å². The predicted octanol–water partition coefficient (Wildman–Crippen LogP) is 4.43. The van der Waals surface area contributed by atoms with Crippen LogP contribution in [0.15, 0.2) is 24.4 Å². The monoisotopic (exact) mass is 424 g/mol. The van der Waals surface area contributed by atoms with Gasteiger partial charge in [0, 0.05) is 31.3 Å². The van der Waals surface area contributed by atoms with Crippen molar-refractivity contribution in [1.82, 2.24) is 25.1 Å². The van der Waals surface area contributed by atoms with Crippen LogP contribution in [-0.2, 0) is 0 Å². The molecule has 8 heteroatoms. The van der Waals surface area contributed by atoms with Crippen molar-refractivity contribution in [2.75, 3.05) is 24.6 Å². The maximum absolute atomic E-state index is 5.93. The molecule has 158 valence electrons. The van der Waals surface area contributed by atoms with Gasteiger partial charge in [-0.2, -0.15) is 0 Å². The van der Waals surface area contributed by atoms with Gasteiger partial charge < -0.3 is 9.64 Å². The van der Waals surface area contributed by atoms with Crippen LogP contribution in [0.3, 0.4) is 0 Å². The Morgan fingerprint density at radius 2 is 1.90 bits per heavy atom. The molecule has 3 aromatic heterocycles. The van der Waals surface area contributed by atoms with Gasteiger partial charge in [0.25, 0.3) is 0 Å². The molecule has 1 aliphatic rings. The van der Waals surface area contributed by atoms with Gasteiger partial charge in [0.15, 0.2) is 0 Å². The van der Waals surface area contributed by atoms with Gasteiger partial charge in [-0.15, -0.1) is 21.5 Å². The molecule has 1 saturated heterocycles. The van der Waals surface area contributed by atoms with Gasteiger partial charge in [-0.1, -0.05) is 13.8 Å². The molecular formula is C22H28N6OS. The number of anilines is 1. The molecular weight excluding hydrogens is 396 g/mol. The molecule has 0 radical (unpaired) electrons. The molecule has 0 N–H and O–H groups in total. The number of aromatic nitrogens is 5. The Bertz CT molecular complexity index is 980. The smallest absolute Gasteiger partial charge is 0.233 e. The van der Waals surface area contributed by atoms with Crippen LogP contribution in [0.25, 0.3) is 10.6 Å². The van der Waals surface area contributed by atoms with Gasteiger partial charge in [-0.05, 0) is 44.7 Å². The number of nitrogens with zero attached hydrogens (tertiary/aromatic N) is 6. The molecule has 0 bridgehead atoms. The Balaban J connectivity index is 1.29. The summed E-state index contributed by atoms with van der Waals surface area (Å²) in [6.45, 7) is 10.9. The number of hydrogen-bond donors (Lipinski definition) is 0. The van der Waals surface area contributed by atoms with Gasteiger partial charge in [0.2, 0.25) is 5.88 Å². The molecule has 7 nitrogen and oxygen atoms in total. The van der Waals surface area contributed by atoms with E-state index in [2.05, 4.69) is 38.9 Å². The highest BCUT2D eigenvalue weighted by molar-refractivity contribution is 7.15. The zero-order valence-corrected chi connectivity index (χ0v) is 18.8. The van der Waals surface area contributed by atoms with Gasteiger partial charge in [-0.25, -0.2) is 15.0 Å². The minimum absolute atomic E-state index is 0.340. The van der Waals surface area contributed by atoms with Crippen LogP contribution in [-0.4, -0.2) is 44.8 Å². The quantitative estimate of drug-likeness (QED) is 0.579. The number of thiazole rings is 1. The number of hydrogen-bond acceptors (Lipinski definition) is 8. The van der Waals surface area contributed by atoms with Crippen LogP contribution in [0.4, 0.5) is 5.82 Å². The van der Waals surface area contributed by atoms with Crippen molar-refractivity contribution in [3.8, 4) is 16.5 Å². The summed E-state index contributed by atoms with van der Waals surface area (Å²) in [5, 5.41) is 9.63. The van der Waals surface area contributed by atoms with Gasteiger partial charge in [0.05, 0.1) is 22.2 Å². The molecule has 0 unspecified atom stereocenters. The third kappa shape index (κ3) is 4.75. The van der Waals surface area contributed by atoms with Gasteiger partial charge >= 0.3 is 0 Å². The van der Waals surface area contributed by atoms with E-state index in [1.54, 1.807) is 11.3 Å². The maximum atomic E-state index is 5.93. The highest BCUT2D eigenvalue weighted by Gasteiger charge is 2.21. The third-order valence-electron chi connectivity index (χ3n) is 5.36. The Morgan fingerprint density at radius 1 is 1.10 bits per heavy atom. The number of piperidine rings is 1. The largest absolute Gasteiger partial charge is 0.476 e. The summed E-state index contributed by atoms with van der Waals surface area (Å²) in [4.78, 5) is 17.0. The van der Waals surface area contributed by atoms with Gasteiger partial charge in [-0.3, -0.25) is 0 Å². The van der Waals surface area contributed by atoms with Gasteiger partial charge in [0.1, 0.15) is 17.3 Å². The molecule has 1 aliphatic heterocycles. The first kappa shape index (κ1) is 20.7. The lowest BCUT2D eigenvalue weighted by Gasteiger charge is -2.32. The van der Waals surface area contributed by atoms with Crippen molar-refractivity contribution in [1.29, 1.82) is 0 Å². The van der Waals surface area contributed by atoms with E-state index in [0.29, 0.717) is 24.3 Å². The predicted molar refractivity (Wildman–Crippen MR) is 119 cm³/mol. The number of rotatable bonds is 6. The maximum Gasteiger partial charge on any atom is 0.233 e. The van der Waals surface area contributed by atoms with Crippen LogP contribution in [0.5, 0.6) is 5.88 Å². The highest BCUT2D eigenvalue weighted by atomic mass is 32.1. The van der Waals surface area contributed by atoms with E-state index in [0.717, 1.165) is 58.8 Å². The second-order valence-electron chi connectivity index (χ2n) is 8.07. The molecule has 0 atom stereocenters. The summed E-state index contributed by atoms with van der Waals surface area (Å²) >= 11 is 1.64. The molecule has 0 aromatic carbocycles. The molecule has 4 rings (SSSR count). The lowest BCUT2D eigenvalue weighted by atomic mass is 9.98. The lowest BCUT2D eigenvalue weighted by Crippen LogP contribution is -2.36. The van der Waals surface area contributed by atoms with E-state index in [9.17, 15) is 0 Å². The Morgan fingerprint density at radius 3 is 2.53 bits per heavy atom. The van der Waals surface area contributed by atoms with Crippen LogP contribution >= 0.6 is 11.3 Å². The number of aryl methyl sites for hydroxylation is 2. The van der Waals surface area contributed by atoms with E-state index >= 15 is 0 Å². The Hall–Kier alpha value is -2.61. The summed E-state index contributed by atoms with van der Waals surface area (Å²) in [7, 11) is 0. The lowest BCUT2D eigenvalue weighted by molar-refractivity contribution is 0.214. The second-order valence-corrected chi connectivity index (χ2v) is 9.28. The van der Waals surface area contributed by atoms with Crippen LogP contribution in [0, 0.1) is 19.8 Å². The van der Waals surface area contributed by atoms with Crippen molar-refractivity contribution >= 4 is 17.2 Å². The fraction of sp³-hybridized carbons (Fsp3) is 0.500. The summed E-state index contributed by atoms with van der Waals surface area (Å²) in [5.41, 5.74) is 1.85. The SMILES string of the molecule is Cc1nc(C)c(-c2ccc(OCC3CCN(c4ccnc(C(C)C)n4)CC3)nn2)s1. The zero-order chi connectivity index (χ0) is 21.1. The first-order valence-corrected chi connectivity index (χ1v) is 11.3. The van der Waals surface area contributed by atoms with Crippen LogP contribution < -0.4 is 9.64 Å². The van der Waals surface area contributed by atoms with Crippen molar-refractivity contribution < 1.29 is 4.74 Å². The average Bonchev–Trinajstić information content (AvgIpc) is 3.11. The summed E-state index contributed by atoms with van der Waals surface area (Å²) < 4.78 is 5.93. The minimum atomic E-state index is 0.340. The van der Waals surface area contributed by atoms with E-state index in [1.165, 1.54) is 0 Å². The fourth-order valence-electron chi connectivity index (χ4n) is 3.64. The average molecular weight is 425 g/mol. The Labute approximate surface area is 181 Å². The summed E-state index contributed by atoms with van der Waals surface area (Å²) in [5.74, 6) is 3.37. The van der Waals surface area contributed by atoms with E-state index in [4.69, 9.17) is 9.72 Å². The zero-order valence-electron chi connectivity index (χ0n) is 18.0. The minimum Gasteiger partial charge on any atom is -0.476 e. The highest BCUT2D eigenvalue weighted by Crippen LogP contribution is 2.28. The molecule has 1 fully saturated rings. The third-order valence-corrected chi connectivity index (χ3v) is 6.45. The molecule has 0 saturated carbocycles. The molecule has 0 aliphatic carbocycles. The van der Waals surface area contributed by atoms with E-state index in [1.807, 2.05) is 38.2 Å².